The Hall–Kier alpha value is -2.22. The zero-order valence-electron chi connectivity index (χ0n) is 16.6. The third kappa shape index (κ3) is 6.15. The van der Waals surface area contributed by atoms with Crippen LogP contribution in [0.4, 0.5) is 0 Å². The van der Waals surface area contributed by atoms with Gasteiger partial charge in [0, 0.05) is 34.8 Å². The normalized spacial score (nSPS) is 14.6. The predicted octanol–water partition coefficient (Wildman–Crippen LogP) is 2.67. The Morgan fingerprint density at radius 2 is 1.79 bits per heavy atom. The average Bonchev–Trinajstić information content (AvgIpc) is 3.02. The number of aryl methyl sites for hydroxylation is 2. The maximum atomic E-state index is 12.2. The summed E-state index contributed by atoms with van der Waals surface area (Å²) in [4.78, 5) is 51.5. The molecule has 1 aliphatic heterocycles. The largest absolute Gasteiger partial charge is 0.466 e. The van der Waals surface area contributed by atoms with Crippen molar-refractivity contribution in [2.45, 2.75) is 46.5 Å². The van der Waals surface area contributed by atoms with Gasteiger partial charge in [0.15, 0.2) is 12.4 Å². The smallest absolute Gasteiger partial charge is 0.309 e. The molecule has 0 aliphatic carbocycles. The minimum atomic E-state index is -0.562. The van der Waals surface area contributed by atoms with Crippen LogP contribution in [0.3, 0.4) is 0 Å². The molecule has 0 bridgehead atoms. The molecular weight excluding hydrogens is 382 g/mol. The van der Waals surface area contributed by atoms with Gasteiger partial charge in [-0.25, -0.2) is 0 Å². The molecule has 0 spiro atoms. The molecule has 0 unspecified atom stereocenters. The molecule has 8 heteroatoms. The molecule has 0 radical (unpaired) electrons. The van der Waals surface area contributed by atoms with Gasteiger partial charge in [0.25, 0.3) is 5.91 Å². The van der Waals surface area contributed by atoms with Gasteiger partial charge in [-0.15, -0.1) is 11.3 Å². The lowest BCUT2D eigenvalue weighted by Crippen LogP contribution is -2.42. The van der Waals surface area contributed by atoms with Gasteiger partial charge >= 0.3 is 11.9 Å². The number of rotatable bonds is 8. The van der Waals surface area contributed by atoms with Crippen LogP contribution in [0.5, 0.6) is 0 Å². The maximum absolute atomic E-state index is 12.2. The summed E-state index contributed by atoms with van der Waals surface area (Å²) in [6, 6.07) is 1.83. The van der Waals surface area contributed by atoms with E-state index in [1.54, 1.807) is 23.2 Å². The first kappa shape index (κ1) is 22.1. The zero-order valence-corrected chi connectivity index (χ0v) is 17.4. The summed E-state index contributed by atoms with van der Waals surface area (Å²) in [6.07, 6.45) is 1.11. The van der Waals surface area contributed by atoms with E-state index >= 15 is 0 Å². The van der Waals surface area contributed by atoms with Crippen LogP contribution in [0.1, 0.15) is 52.7 Å². The molecule has 0 atom stereocenters. The Bertz CT molecular complexity index is 733. The van der Waals surface area contributed by atoms with Gasteiger partial charge in [-0.3, -0.25) is 19.2 Å². The van der Waals surface area contributed by atoms with Crippen LogP contribution in [-0.4, -0.2) is 54.8 Å². The lowest BCUT2D eigenvalue weighted by Gasteiger charge is -2.30. The van der Waals surface area contributed by atoms with Crippen molar-refractivity contribution in [3.63, 3.8) is 0 Å². The number of amides is 1. The van der Waals surface area contributed by atoms with Gasteiger partial charge in [-0.2, -0.15) is 0 Å². The molecule has 2 heterocycles. The van der Waals surface area contributed by atoms with E-state index in [-0.39, 0.29) is 43.0 Å². The molecular formula is C20H27NO6S. The molecule has 0 aromatic carbocycles. The number of carbonyl (C=O) groups excluding carboxylic acids is 4. The summed E-state index contributed by atoms with van der Waals surface area (Å²) in [5.41, 5.74) is 0.649. The fourth-order valence-electron chi connectivity index (χ4n) is 3.19. The van der Waals surface area contributed by atoms with Crippen LogP contribution in [0.2, 0.25) is 0 Å². The Balaban J connectivity index is 1.68. The molecule has 1 aromatic heterocycles. The number of esters is 2. The second-order valence-electron chi connectivity index (χ2n) is 6.82. The van der Waals surface area contributed by atoms with Crippen LogP contribution >= 0.6 is 11.3 Å². The number of ketones is 1. The van der Waals surface area contributed by atoms with Gasteiger partial charge in [0.05, 0.1) is 18.9 Å². The lowest BCUT2D eigenvalue weighted by molar-refractivity contribution is -0.154. The second-order valence-corrected chi connectivity index (χ2v) is 8.28. The van der Waals surface area contributed by atoms with E-state index < -0.39 is 5.97 Å². The SMILES string of the molecule is CCOC(=O)C1CCN(C(=O)COC(=O)CCC(=O)c2cc(C)sc2C)CC1. The fourth-order valence-corrected chi connectivity index (χ4v) is 4.13. The molecule has 0 saturated carbocycles. The number of thiophene rings is 1. The van der Waals surface area contributed by atoms with Crippen LogP contribution < -0.4 is 0 Å². The zero-order chi connectivity index (χ0) is 20.7. The summed E-state index contributed by atoms with van der Waals surface area (Å²) < 4.78 is 10.0. The van der Waals surface area contributed by atoms with E-state index in [1.807, 2.05) is 19.9 Å². The van der Waals surface area contributed by atoms with Crippen molar-refractivity contribution in [1.29, 1.82) is 0 Å². The van der Waals surface area contributed by atoms with E-state index in [2.05, 4.69) is 0 Å². The van der Waals surface area contributed by atoms with Crippen LogP contribution in [0.25, 0.3) is 0 Å². The number of hydrogen-bond acceptors (Lipinski definition) is 7. The highest BCUT2D eigenvalue weighted by molar-refractivity contribution is 7.12. The van der Waals surface area contributed by atoms with E-state index in [1.165, 1.54) is 0 Å². The first-order chi connectivity index (χ1) is 13.3. The van der Waals surface area contributed by atoms with Crippen LogP contribution in [0, 0.1) is 19.8 Å². The van der Waals surface area contributed by atoms with Crippen LogP contribution in [-0.2, 0) is 23.9 Å². The van der Waals surface area contributed by atoms with E-state index in [0.717, 1.165) is 9.75 Å². The molecule has 28 heavy (non-hydrogen) atoms. The first-order valence-corrected chi connectivity index (χ1v) is 10.3. The van der Waals surface area contributed by atoms with Crippen molar-refractivity contribution in [3.05, 3.63) is 21.4 Å². The summed E-state index contributed by atoms with van der Waals surface area (Å²) in [5, 5.41) is 0. The number of nitrogens with zero attached hydrogens (tertiary/aromatic N) is 1. The Kier molecular flexibility index (Phi) is 8.17. The highest BCUT2D eigenvalue weighted by Crippen LogP contribution is 2.22. The van der Waals surface area contributed by atoms with Gasteiger partial charge in [-0.1, -0.05) is 0 Å². The molecule has 1 saturated heterocycles. The number of piperidine rings is 1. The van der Waals surface area contributed by atoms with E-state index in [0.29, 0.717) is 38.1 Å². The van der Waals surface area contributed by atoms with Crippen molar-refractivity contribution in [2.75, 3.05) is 26.3 Å². The second kappa shape index (κ2) is 10.4. The monoisotopic (exact) mass is 409 g/mol. The lowest BCUT2D eigenvalue weighted by atomic mass is 9.97. The van der Waals surface area contributed by atoms with Gasteiger partial charge in [0.1, 0.15) is 0 Å². The minimum Gasteiger partial charge on any atom is -0.466 e. The molecule has 1 amide bonds. The number of hydrogen-bond donors (Lipinski definition) is 0. The first-order valence-electron chi connectivity index (χ1n) is 9.52. The summed E-state index contributed by atoms with van der Waals surface area (Å²) in [5.74, 6) is -1.34. The molecule has 1 aliphatic rings. The number of Topliss-reactive ketones (excluding diaryl/α,β-unsaturated/α-hetero) is 1. The quantitative estimate of drug-likeness (QED) is 0.484. The topological polar surface area (TPSA) is 90.0 Å². The summed E-state index contributed by atoms with van der Waals surface area (Å²) in [7, 11) is 0. The van der Waals surface area contributed by atoms with Crippen LogP contribution in [0.15, 0.2) is 6.07 Å². The Labute approximate surface area is 169 Å². The van der Waals surface area contributed by atoms with Crippen molar-refractivity contribution < 1.29 is 28.7 Å². The Morgan fingerprint density at radius 1 is 1.11 bits per heavy atom. The number of carbonyl (C=O) groups is 4. The number of likely N-dealkylation sites (tertiary alicyclic amines) is 1. The molecule has 1 fully saturated rings. The van der Waals surface area contributed by atoms with Crippen molar-refractivity contribution in [2.24, 2.45) is 5.92 Å². The summed E-state index contributed by atoms with van der Waals surface area (Å²) >= 11 is 1.55. The molecule has 154 valence electrons. The van der Waals surface area contributed by atoms with E-state index in [9.17, 15) is 19.2 Å². The van der Waals surface area contributed by atoms with Gasteiger partial charge < -0.3 is 14.4 Å². The predicted molar refractivity (Wildman–Crippen MR) is 104 cm³/mol. The standard InChI is InChI=1S/C20H27NO6S/c1-4-26-20(25)15-7-9-21(10-8-15)18(23)12-27-19(24)6-5-17(22)16-11-13(2)28-14(16)3/h11,15H,4-10,12H2,1-3H3. The summed E-state index contributed by atoms with van der Waals surface area (Å²) in [6.45, 7) is 6.47. The Morgan fingerprint density at radius 3 is 2.36 bits per heavy atom. The molecule has 7 nitrogen and oxygen atoms in total. The third-order valence-electron chi connectivity index (χ3n) is 4.72. The highest BCUT2D eigenvalue weighted by atomic mass is 32.1. The average molecular weight is 410 g/mol. The fraction of sp³-hybridized carbons (Fsp3) is 0.600. The number of ether oxygens (including phenoxy) is 2. The maximum Gasteiger partial charge on any atom is 0.309 e. The van der Waals surface area contributed by atoms with Gasteiger partial charge in [-0.05, 0) is 39.7 Å². The minimum absolute atomic E-state index is 0.0502. The molecule has 0 N–H and O–H groups in total. The molecule has 1 aromatic rings. The third-order valence-corrected chi connectivity index (χ3v) is 5.69. The highest BCUT2D eigenvalue weighted by Gasteiger charge is 2.28. The van der Waals surface area contributed by atoms with E-state index in [4.69, 9.17) is 9.47 Å². The van der Waals surface area contributed by atoms with Crippen molar-refractivity contribution in [1.82, 2.24) is 4.90 Å². The van der Waals surface area contributed by atoms with Crippen molar-refractivity contribution >= 4 is 35.0 Å². The molecule has 2 rings (SSSR count). The van der Waals surface area contributed by atoms with Gasteiger partial charge in [0.2, 0.25) is 0 Å². The van der Waals surface area contributed by atoms with Crippen molar-refractivity contribution in [3.8, 4) is 0 Å².